The van der Waals surface area contributed by atoms with Crippen molar-refractivity contribution < 1.29 is 14.3 Å². The lowest BCUT2D eigenvalue weighted by atomic mass is 10.1. The normalized spacial score (nSPS) is 14.5. The van der Waals surface area contributed by atoms with E-state index >= 15 is 0 Å². The van der Waals surface area contributed by atoms with Crippen LogP contribution < -0.4 is 14.5 Å². The molecule has 1 heterocycles. The van der Waals surface area contributed by atoms with Crippen molar-refractivity contribution in [1.29, 1.82) is 0 Å². The zero-order valence-electron chi connectivity index (χ0n) is 18.2. The molecule has 0 unspecified atom stereocenters. The number of halogens is 2. The number of hydrogen-bond donors (Lipinski definition) is 0. The molecular formula is C26H22BrClN2O3. The predicted octanol–water partition coefficient (Wildman–Crippen LogP) is 6.89. The summed E-state index contributed by atoms with van der Waals surface area (Å²) in [4.78, 5) is 13.0. The molecule has 3 aromatic rings. The molecule has 0 spiro atoms. The van der Waals surface area contributed by atoms with Crippen molar-refractivity contribution in [3.05, 3.63) is 92.9 Å². The second-order valence-corrected chi connectivity index (χ2v) is 8.60. The first kappa shape index (κ1) is 23.1. The Hall–Kier alpha value is -3.09. The summed E-state index contributed by atoms with van der Waals surface area (Å²) in [5.74, 6) is 0.977. The number of anilines is 1. The third kappa shape index (κ3) is 5.13. The number of carbonyl (C=O) groups is 1. The summed E-state index contributed by atoms with van der Waals surface area (Å²) in [7, 11) is 0. The summed E-state index contributed by atoms with van der Waals surface area (Å²) in [5, 5.41) is 6.50. The van der Waals surface area contributed by atoms with E-state index in [0.717, 1.165) is 16.8 Å². The minimum atomic E-state index is -0.174. The summed E-state index contributed by atoms with van der Waals surface area (Å²) >= 11 is 9.85. The van der Waals surface area contributed by atoms with E-state index < -0.39 is 0 Å². The maximum absolute atomic E-state index is 13.0. The van der Waals surface area contributed by atoms with Gasteiger partial charge in [0.15, 0.2) is 11.5 Å². The number of hydrazone groups is 1. The zero-order chi connectivity index (χ0) is 23.4. The quantitative estimate of drug-likeness (QED) is 0.316. The van der Waals surface area contributed by atoms with E-state index in [1.807, 2.05) is 86.7 Å². The molecule has 0 fully saturated rings. The number of para-hydroxylation sites is 1. The molecule has 0 saturated heterocycles. The molecule has 3 aromatic carbocycles. The molecule has 33 heavy (non-hydrogen) atoms. The third-order valence-electron chi connectivity index (χ3n) is 5.04. The van der Waals surface area contributed by atoms with Gasteiger partial charge in [0.05, 0.1) is 28.1 Å². The van der Waals surface area contributed by atoms with Gasteiger partial charge in [-0.2, -0.15) is 10.1 Å². The highest BCUT2D eigenvalue weighted by atomic mass is 79.9. The highest BCUT2D eigenvalue weighted by molar-refractivity contribution is 9.10. The van der Waals surface area contributed by atoms with Crippen molar-refractivity contribution in [2.75, 3.05) is 11.6 Å². The summed E-state index contributed by atoms with van der Waals surface area (Å²) < 4.78 is 12.6. The summed E-state index contributed by atoms with van der Waals surface area (Å²) in [6, 6.07) is 20.7. The second-order valence-electron chi connectivity index (χ2n) is 7.34. The molecule has 0 saturated carbocycles. The Morgan fingerprint density at radius 1 is 1.06 bits per heavy atom. The van der Waals surface area contributed by atoms with Gasteiger partial charge in [-0.25, -0.2) is 0 Å². The van der Waals surface area contributed by atoms with Gasteiger partial charge in [-0.1, -0.05) is 48.0 Å². The predicted molar refractivity (Wildman–Crippen MR) is 136 cm³/mol. The van der Waals surface area contributed by atoms with E-state index in [2.05, 4.69) is 21.0 Å². The van der Waals surface area contributed by atoms with Crippen LogP contribution in [0.2, 0.25) is 5.02 Å². The van der Waals surface area contributed by atoms with Gasteiger partial charge in [0, 0.05) is 10.6 Å². The fourth-order valence-corrected chi connectivity index (χ4v) is 4.20. The van der Waals surface area contributed by atoms with Gasteiger partial charge < -0.3 is 9.47 Å². The van der Waals surface area contributed by atoms with Crippen LogP contribution in [0.4, 0.5) is 5.69 Å². The fourth-order valence-electron chi connectivity index (χ4n) is 3.43. The molecule has 1 amide bonds. The van der Waals surface area contributed by atoms with E-state index in [4.69, 9.17) is 21.1 Å². The van der Waals surface area contributed by atoms with Crippen LogP contribution in [0.3, 0.4) is 0 Å². The van der Waals surface area contributed by atoms with Crippen molar-refractivity contribution in [1.82, 2.24) is 0 Å². The van der Waals surface area contributed by atoms with Crippen molar-refractivity contribution >= 4 is 50.9 Å². The van der Waals surface area contributed by atoms with Gasteiger partial charge in [-0.3, -0.25) is 4.79 Å². The van der Waals surface area contributed by atoms with Crippen LogP contribution in [-0.2, 0) is 11.4 Å². The average Bonchev–Trinajstić information content (AvgIpc) is 3.09. The molecule has 0 atom stereocenters. The number of nitrogens with zero attached hydrogens (tertiary/aromatic N) is 2. The molecular weight excluding hydrogens is 504 g/mol. The molecule has 1 aliphatic heterocycles. The molecule has 0 bridgehead atoms. The highest BCUT2D eigenvalue weighted by Gasteiger charge is 2.28. The lowest BCUT2D eigenvalue weighted by Crippen LogP contribution is -2.21. The number of amides is 1. The van der Waals surface area contributed by atoms with Crippen LogP contribution in [-0.4, -0.2) is 18.2 Å². The number of rotatable bonds is 7. The Kier molecular flexibility index (Phi) is 7.16. The molecule has 0 radical (unpaired) electrons. The largest absolute Gasteiger partial charge is 0.490 e. The van der Waals surface area contributed by atoms with Gasteiger partial charge in [-0.15, -0.1) is 0 Å². The Bertz CT molecular complexity index is 1240. The van der Waals surface area contributed by atoms with Gasteiger partial charge in [0.2, 0.25) is 0 Å². The molecule has 0 aromatic heterocycles. The van der Waals surface area contributed by atoms with Crippen LogP contribution in [0, 0.1) is 0 Å². The maximum Gasteiger partial charge on any atom is 0.280 e. The lowest BCUT2D eigenvalue weighted by molar-refractivity contribution is -0.114. The Balaban J connectivity index is 1.62. The summed E-state index contributed by atoms with van der Waals surface area (Å²) in [5.41, 5.74) is 3.58. The second kappa shape index (κ2) is 10.2. The Morgan fingerprint density at radius 2 is 1.79 bits per heavy atom. The monoisotopic (exact) mass is 524 g/mol. The van der Waals surface area contributed by atoms with E-state index in [-0.39, 0.29) is 5.91 Å². The van der Waals surface area contributed by atoms with Crippen LogP contribution in [0.5, 0.6) is 11.5 Å². The molecule has 7 heteroatoms. The zero-order valence-corrected chi connectivity index (χ0v) is 20.6. The fraction of sp³-hybridized carbons (Fsp3) is 0.154. The van der Waals surface area contributed by atoms with Crippen molar-refractivity contribution in [2.24, 2.45) is 5.10 Å². The first-order chi connectivity index (χ1) is 16.0. The molecule has 0 N–H and O–H groups in total. The van der Waals surface area contributed by atoms with E-state index in [9.17, 15) is 4.79 Å². The van der Waals surface area contributed by atoms with E-state index in [1.165, 1.54) is 5.01 Å². The SMILES string of the molecule is CCOc1cc(/C=C2\C(=O)N(c3ccccc3)N=C2C)cc(Br)c1OCc1ccccc1Cl. The first-order valence-electron chi connectivity index (χ1n) is 10.5. The van der Waals surface area contributed by atoms with Crippen LogP contribution in [0.1, 0.15) is 25.0 Å². The molecule has 168 valence electrons. The number of ether oxygens (including phenoxy) is 2. The van der Waals surface area contributed by atoms with Crippen LogP contribution in [0.25, 0.3) is 6.08 Å². The van der Waals surface area contributed by atoms with Gasteiger partial charge in [-0.05, 0) is 71.7 Å². The highest BCUT2D eigenvalue weighted by Crippen LogP contribution is 2.39. The molecule has 1 aliphatic rings. The standard InChI is InChI=1S/C26H22BrClN2O3/c1-3-32-24-15-18(14-22(27)25(24)33-16-19-9-7-8-12-23(19)28)13-21-17(2)29-30(26(21)31)20-10-5-4-6-11-20/h4-15H,3,16H2,1-2H3/b21-13-. The lowest BCUT2D eigenvalue weighted by Gasteiger charge is -2.15. The van der Waals surface area contributed by atoms with Gasteiger partial charge >= 0.3 is 0 Å². The van der Waals surface area contributed by atoms with Gasteiger partial charge in [0.1, 0.15) is 6.61 Å². The Morgan fingerprint density at radius 3 is 2.52 bits per heavy atom. The van der Waals surface area contributed by atoms with E-state index in [1.54, 1.807) is 0 Å². The van der Waals surface area contributed by atoms with E-state index in [0.29, 0.717) is 45.5 Å². The summed E-state index contributed by atoms with van der Waals surface area (Å²) in [6.45, 7) is 4.50. The minimum Gasteiger partial charge on any atom is -0.490 e. The number of carbonyl (C=O) groups excluding carboxylic acids is 1. The number of benzene rings is 3. The Labute approximate surface area is 206 Å². The van der Waals surface area contributed by atoms with Crippen LogP contribution in [0.15, 0.2) is 81.9 Å². The van der Waals surface area contributed by atoms with Gasteiger partial charge in [0.25, 0.3) is 5.91 Å². The molecule has 0 aliphatic carbocycles. The summed E-state index contributed by atoms with van der Waals surface area (Å²) in [6.07, 6.45) is 1.81. The molecule has 4 rings (SSSR count). The minimum absolute atomic E-state index is 0.174. The molecule has 5 nitrogen and oxygen atoms in total. The topological polar surface area (TPSA) is 51.1 Å². The van der Waals surface area contributed by atoms with Crippen molar-refractivity contribution in [2.45, 2.75) is 20.5 Å². The van der Waals surface area contributed by atoms with Crippen molar-refractivity contribution in [3.63, 3.8) is 0 Å². The maximum atomic E-state index is 13.0. The van der Waals surface area contributed by atoms with Crippen molar-refractivity contribution in [3.8, 4) is 11.5 Å². The third-order valence-corrected chi connectivity index (χ3v) is 5.99. The number of hydrogen-bond acceptors (Lipinski definition) is 4. The first-order valence-corrected chi connectivity index (χ1v) is 11.6. The smallest absolute Gasteiger partial charge is 0.280 e. The average molecular weight is 526 g/mol. The van der Waals surface area contributed by atoms with Crippen LogP contribution >= 0.6 is 27.5 Å².